The maximum absolute atomic E-state index is 14.2. The van der Waals surface area contributed by atoms with Crippen LogP contribution in [0.25, 0.3) is 22.0 Å². The molecule has 2 aromatic carbocycles. The van der Waals surface area contributed by atoms with Gasteiger partial charge in [-0.25, -0.2) is 9.18 Å². The fourth-order valence-electron chi connectivity index (χ4n) is 4.18. The number of aliphatic carboxylic acids is 1. The maximum atomic E-state index is 14.2. The second-order valence-electron chi connectivity index (χ2n) is 8.62. The summed E-state index contributed by atoms with van der Waals surface area (Å²) in [6.45, 7) is 3.53. The van der Waals surface area contributed by atoms with Gasteiger partial charge in [0, 0.05) is 41.7 Å². The van der Waals surface area contributed by atoms with Crippen molar-refractivity contribution in [2.24, 2.45) is 5.92 Å². The molecule has 0 spiro atoms. The second-order valence-corrected chi connectivity index (χ2v) is 8.62. The minimum absolute atomic E-state index is 0.0401. The molecule has 180 valence electrons. The largest absolute Gasteiger partial charge is 0.480 e. The predicted octanol–water partition coefficient (Wildman–Crippen LogP) is 5.87. The fourth-order valence-corrected chi connectivity index (χ4v) is 4.18. The van der Waals surface area contributed by atoms with Crippen molar-refractivity contribution in [3.05, 3.63) is 59.5 Å². The van der Waals surface area contributed by atoms with E-state index in [0.29, 0.717) is 28.6 Å². The van der Waals surface area contributed by atoms with Crippen LogP contribution in [0.1, 0.15) is 43.9 Å². The zero-order chi connectivity index (χ0) is 24.8. The van der Waals surface area contributed by atoms with Crippen LogP contribution < -0.4 is 0 Å². The Labute approximate surface area is 193 Å². The maximum Gasteiger partial charge on any atom is 0.416 e. The molecule has 5 nitrogen and oxygen atoms in total. The van der Waals surface area contributed by atoms with Gasteiger partial charge in [0.25, 0.3) is 0 Å². The smallest absolute Gasteiger partial charge is 0.416 e. The summed E-state index contributed by atoms with van der Waals surface area (Å²) in [4.78, 5) is 25.8. The first-order valence-corrected chi connectivity index (χ1v) is 11.0. The zero-order valence-electron chi connectivity index (χ0n) is 18.7. The van der Waals surface area contributed by atoms with Crippen LogP contribution in [-0.4, -0.2) is 33.0 Å². The van der Waals surface area contributed by atoms with Crippen LogP contribution in [0.5, 0.6) is 0 Å². The third kappa shape index (κ3) is 4.51. The number of hydrogen-bond donors (Lipinski definition) is 1. The van der Waals surface area contributed by atoms with Crippen LogP contribution in [0.3, 0.4) is 0 Å². The van der Waals surface area contributed by atoms with E-state index in [0.717, 1.165) is 25.0 Å². The first-order chi connectivity index (χ1) is 16.0. The Bertz CT molecular complexity index is 1260. The molecule has 1 fully saturated rings. The van der Waals surface area contributed by atoms with Gasteiger partial charge in [0.05, 0.1) is 5.56 Å². The van der Waals surface area contributed by atoms with Crippen LogP contribution in [0, 0.1) is 11.7 Å². The average molecular weight is 476 g/mol. The third-order valence-corrected chi connectivity index (χ3v) is 6.27. The molecule has 0 aliphatic heterocycles. The van der Waals surface area contributed by atoms with Gasteiger partial charge in [-0.1, -0.05) is 6.07 Å². The summed E-state index contributed by atoms with van der Waals surface area (Å²) in [5.41, 5.74) is 0.647. The number of hydrogen-bond acceptors (Lipinski definition) is 2. The van der Waals surface area contributed by atoms with Crippen molar-refractivity contribution in [1.29, 1.82) is 0 Å². The molecule has 3 aromatic rings. The van der Waals surface area contributed by atoms with Crippen LogP contribution >= 0.6 is 0 Å². The molecule has 1 atom stereocenters. The van der Waals surface area contributed by atoms with Crippen molar-refractivity contribution >= 4 is 22.8 Å². The molecule has 1 N–H and O–H groups in total. The summed E-state index contributed by atoms with van der Waals surface area (Å²) in [5.74, 6) is -1.85. The van der Waals surface area contributed by atoms with Gasteiger partial charge in [0.1, 0.15) is 11.9 Å². The van der Waals surface area contributed by atoms with Crippen LogP contribution in [0.4, 0.5) is 17.6 Å². The lowest BCUT2D eigenvalue weighted by molar-refractivity contribution is -0.140. The highest BCUT2D eigenvalue weighted by Gasteiger charge is 2.35. The molecule has 0 saturated heterocycles. The SMILES string of the molecule is CCN(Cc1cc(C(F)(F)F)ccc1-c1cn(C(C)C(=O)O)c2ccc(F)cc12)C(=O)C1CC1. The molecule has 34 heavy (non-hydrogen) atoms. The summed E-state index contributed by atoms with van der Waals surface area (Å²) >= 11 is 0. The number of carboxylic acid groups (broad SMARTS) is 1. The second kappa shape index (κ2) is 8.77. The number of rotatable bonds is 7. The summed E-state index contributed by atoms with van der Waals surface area (Å²) in [6.07, 6.45) is -1.52. The first-order valence-electron chi connectivity index (χ1n) is 11.0. The number of aromatic nitrogens is 1. The van der Waals surface area contributed by atoms with E-state index in [4.69, 9.17) is 0 Å². The molecule has 1 heterocycles. The van der Waals surface area contributed by atoms with Gasteiger partial charge in [-0.15, -0.1) is 0 Å². The highest BCUT2D eigenvalue weighted by Crippen LogP contribution is 2.39. The molecular weight excluding hydrogens is 452 g/mol. The topological polar surface area (TPSA) is 62.5 Å². The zero-order valence-corrected chi connectivity index (χ0v) is 18.7. The lowest BCUT2D eigenvalue weighted by atomic mass is 9.96. The van der Waals surface area contributed by atoms with E-state index in [2.05, 4.69) is 0 Å². The average Bonchev–Trinajstić information content (AvgIpc) is 3.57. The Hall–Kier alpha value is -3.36. The van der Waals surface area contributed by atoms with Crippen molar-refractivity contribution in [2.45, 2.75) is 45.5 Å². The Morgan fingerprint density at radius 1 is 1.15 bits per heavy atom. The monoisotopic (exact) mass is 476 g/mol. The molecule has 1 aromatic heterocycles. The number of carboxylic acids is 1. The Balaban J connectivity index is 1.90. The minimum atomic E-state index is -4.58. The van der Waals surface area contributed by atoms with Crippen molar-refractivity contribution in [3.63, 3.8) is 0 Å². The molecule has 1 saturated carbocycles. The normalized spacial score (nSPS) is 14.9. The highest BCUT2D eigenvalue weighted by atomic mass is 19.4. The van der Waals surface area contributed by atoms with Crippen molar-refractivity contribution in [1.82, 2.24) is 9.47 Å². The van der Waals surface area contributed by atoms with Crippen LogP contribution in [0.2, 0.25) is 0 Å². The molecule has 0 bridgehead atoms. The number of carbonyl (C=O) groups is 2. The van der Waals surface area contributed by atoms with Crippen molar-refractivity contribution in [3.8, 4) is 11.1 Å². The number of fused-ring (bicyclic) bond motifs is 1. The number of halogens is 4. The standard InChI is InChI=1S/C25H24F4N2O3/c1-3-30(23(32)15-4-5-15)12-16-10-17(25(27,28)29)6-8-19(16)21-13-31(14(2)24(33)34)22-9-7-18(26)11-20(21)22/h6-11,13-15H,3-5,12H2,1-2H3,(H,33,34). The van der Waals surface area contributed by atoms with E-state index in [9.17, 15) is 32.3 Å². The number of alkyl halides is 3. The molecule has 4 rings (SSSR count). The van der Waals surface area contributed by atoms with E-state index in [1.807, 2.05) is 0 Å². The van der Waals surface area contributed by atoms with Gasteiger partial charge in [-0.2, -0.15) is 13.2 Å². The number of carbonyl (C=O) groups excluding carboxylic acids is 1. The van der Waals surface area contributed by atoms with Crippen molar-refractivity contribution in [2.75, 3.05) is 6.54 Å². The molecule has 1 aliphatic carbocycles. The van der Waals surface area contributed by atoms with Gasteiger partial charge < -0.3 is 14.6 Å². The van der Waals surface area contributed by atoms with E-state index in [1.165, 1.54) is 46.9 Å². The Morgan fingerprint density at radius 2 is 1.85 bits per heavy atom. The highest BCUT2D eigenvalue weighted by molar-refractivity contribution is 5.98. The molecule has 1 aliphatic rings. The predicted molar refractivity (Wildman–Crippen MR) is 118 cm³/mol. The third-order valence-electron chi connectivity index (χ3n) is 6.27. The summed E-state index contributed by atoms with van der Waals surface area (Å²) in [5, 5.41) is 9.90. The fraction of sp³-hybridized carbons (Fsp3) is 0.360. The van der Waals surface area contributed by atoms with Gasteiger partial charge >= 0.3 is 12.1 Å². The molecule has 0 radical (unpaired) electrons. The summed E-state index contributed by atoms with van der Waals surface area (Å²) in [6, 6.07) is 6.18. The van der Waals surface area contributed by atoms with Gasteiger partial charge in [0.2, 0.25) is 5.91 Å². The number of amides is 1. The number of nitrogens with zero attached hydrogens (tertiary/aromatic N) is 2. The van der Waals surface area contributed by atoms with Crippen LogP contribution in [0.15, 0.2) is 42.6 Å². The molecule has 9 heteroatoms. The van der Waals surface area contributed by atoms with Crippen molar-refractivity contribution < 1.29 is 32.3 Å². The number of benzene rings is 2. The molecule has 1 unspecified atom stereocenters. The lowest BCUT2D eigenvalue weighted by Gasteiger charge is -2.23. The molecular formula is C25H24F4N2O3. The quantitative estimate of drug-likeness (QED) is 0.434. The van der Waals surface area contributed by atoms with E-state index in [-0.39, 0.29) is 23.9 Å². The Morgan fingerprint density at radius 3 is 2.44 bits per heavy atom. The van der Waals surface area contributed by atoms with Crippen LogP contribution in [-0.2, 0) is 22.3 Å². The van der Waals surface area contributed by atoms with Gasteiger partial charge in [-0.3, -0.25) is 4.79 Å². The first kappa shape index (κ1) is 23.8. The Kier molecular flexibility index (Phi) is 6.14. The summed E-state index contributed by atoms with van der Waals surface area (Å²) < 4.78 is 56.2. The van der Waals surface area contributed by atoms with E-state index < -0.39 is 29.6 Å². The lowest BCUT2D eigenvalue weighted by Crippen LogP contribution is -2.31. The van der Waals surface area contributed by atoms with E-state index in [1.54, 1.807) is 6.92 Å². The van der Waals surface area contributed by atoms with Gasteiger partial charge in [-0.05, 0) is 68.1 Å². The van der Waals surface area contributed by atoms with E-state index >= 15 is 0 Å². The summed E-state index contributed by atoms with van der Waals surface area (Å²) in [7, 11) is 0. The minimum Gasteiger partial charge on any atom is -0.480 e. The molecule has 1 amide bonds. The van der Waals surface area contributed by atoms with Gasteiger partial charge in [0.15, 0.2) is 0 Å².